The van der Waals surface area contributed by atoms with Crippen molar-refractivity contribution in [3.63, 3.8) is 0 Å². The Morgan fingerprint density at radius 1 is 0.905 bits per heavy atom. The zero-order valence-corrected chi connectivity index (χ0v) is 13.9. The molecule has 3 N–H and O–H groups in total. The van der Waals surface area contributed by atoms with Crippen LogP contribution in [-0.4, -0.2) is 35.2 Å². The molecule has 0 atom stereocenters. The van der Waals surface area contributed by atoms with Gasteiger partial charge in [-0.25, -0.2) is 4.79 Å². The molecule has 1 fully saturated rings. The quantitative estimate of drug-likeness (QED) is 0.677. The van der Waals surface area contributed by atoms with Crippen molar-refractivity contribution in [2.75, 3.05) is 13.1 Å². The number of hydrogen-bond donors (Lipinski definition) is 3. The number of carbonyl (C=O) groups is 2. The van der Waals surface area contributed by atoms with Crippen molar-refractivity contribution in [3.8, 4) is 0 Å². The molecule has 0 aliphatic heterocycles. The molecule has 0 saturated heterocycles. The van der Waals surface area contributed by atoms with E-state index < -0.39 is 18.4 Å². The summed E-state index contributed by atoms with van der Waals surface area (Å²) in [5, 5.41) is 19.9. The first-order valence-corrected chi connectivity index (χ1v) is 7.68. The molecule has 1 rings (SSSR count). The molecule has 21 heavy (non-hydrogen) atoms. The Hall–Kier alpha value is -1.36. The fourth-order valence-electron chi connectivity index (χ4n) is 1.75. The average Bonchev–Trinajstić information content (AvgIpc) is 2.96. The molecule has 124 valence electrons. The second-order valence-electron chi connectivity index (χ2n) is 5.08. The monoisotopic (exact) mass is 301 g/mol. The number of nitrogens with one attached hydrogen (secondary N) is 1. The molecule has 1 saturated carbocycles. The Kier molecular flexibility index (Phi) is 15.7. The first-order chi connectivity index (χ1) is 9.86. The van der Waals surface area contributed by atoms with E-state index in [9.17, 15) is 9.59 Å². The summed E-state index contributed by atoms with van der Waals surface area (Å²) in [6.45, 7) is 9.54. The van der Waals surface area contributed by atoms with E-state index in [4.69, 9.17) is 10.2 Å². The number of rotatable bonds is 5. The molecule has 0 heterocycles. The maximum absolute atomic E-state index is 10.4. The molecular formula is C16H31NO4. The Balaban J connectivity index is 0. The van der Waals surface area contributed by atoms with Crippen LogP contribution in [0.1, 0.15) is 66.2 Å². The molecular weight excluding hydrogens is 270 g/mol. The van der Waals surface area contributed by atoms with Crippen LogP contribution in [0.4, 0.5) is 0 Å². The number of aliphatic carboxylic acids is 2. The lowest BCUT2D eigenvalue weighted by Gasteiger charge is -1.99. The highest BCUT2D eigenvalue weighted by Crippen LogP contribution is 2.15. The minimum atomic E-state index is -1.16. The van der Waals surface area contributed by atoms with Gasteiger partial charge in [0.2, 0.25) is 0 Å². The molecule has 0 aromatic carbocycles. The van der Waals surface area contributed by atoms with Crippen LogP contribution in [0, 0.1) is 0 Å². The first-order valence-electron chi connectivity index (χ1n) is 7.68. The highest BCUT2D eigenvalue weighted by Gasteiger charge is 2.12. The van der Waals surface area contributed by atoms with Gasteiger partial charge >= 0.3 is 11.9 Å². The first kappa shape index (κ1) is 21.9. The van der Waals surface area contributed by atoms with E-state index in [0.717, 1.165) is 13.1 Å². The minimum Gasteiger partial charge on any atom is -0.481 e. The molecule has 0 amide bonds. The SMILES string of the molecule is C1CCCC1.CC(C)=C(CC(=O)O)C(=O)O.CCNCC. The molecule has 5 nitrogen and oxygen atoms in total. The summed E-state index contributed by atoms with van der Waals surface area (Å²) < 4.78 is 0. The van der Waals surface area contributed by atoms with E-state index in [-0.39, 0.29) is 5.57 Å². The number of carboxylic acids is 2. The van der Waals surface area contributed by atoms with E-state index in [1.54, 1.807) is 13.8 Å². The van der Waals surface area contributed by atoms with Gasteiger partial charge in [-0.2, -0.15) is 0 Å². The zero-order valence-electron chi connectivity index (χ0n) is 13.9. The van der Waals surface area contributed by atoms with Crippen LogP contribution in [0.15, 0.2) is 11.1 Å². The predicted octanol–water partition coefficient (Wildman–Crippen LogP) is 3.45. The van der Waals surface area contributed by atoms with Gasteiger partial charge in [-0.05, 0) is 26.9 Å². The van der Waals surface area contributed by atoms with Gasteiger partial charge in [0.05, 0.1) is 6.42 Å². The maximum atomic E-state index is 10.4. The van der Waals surface area contributed by atoms with Gasteiger partial charge in [0, 0.05) is 5.57 Å². The van der Waals surface area contributed by atoms with E-state index in [1.165, 1.54) is 32.1 Å². The van der Waals surface area contributed by atoms with Crippen molar-refractivity contribution in [3.05, 3.63) is 11.1 Å². The summed E-state index contributed by atoms with van der Waals surface area (Å²) in [6.07, 6.45) is 7.08. The van der Waals surface area contributed by atoms with Crippen molar-refractivity contribution >= 4 is 11.9 Å². The number of carboxylic acid groups (broad SMARTS) is 2. The number of hydrogen-bond acceptors (Lipinski definition) is 3. The Morgan fingerprint density at radius 2 is 1.29 bits per heavy atom. The second-order valence-corrected chi connectivity index (χ2v) is 5.08. The third kappa shape index (κ3) is 16.6. The third-order valence-corrected chi connectivity index (χ3v) is 2.94. The van der Waals surface area contributed by atoms with Crippen LogP contribution in [0.3, 0.4) is 0 Å². The summed E-state index contributed by atoms with van der Waals surface area (Å²) >= 11 is 0. The van der Waals surface area contributed by atoms with E-state index in [2.05, 4.69) is 19.2 Å². The molecule has 1 aliphatic rings. The molecule has 0 unspecified atom stereocenters. The van der Waals surface area contributed by atoms with Crippen LogP contribution in [0.2, 0.25) is 0 Å². The molecule has 0 radical (unpaired) electrons. The Labute approximate surface area is 128 Å². The average molecular weight is 301 g/mol. The smallest absolute Gasteiger partial charge is 0.332 e. The Morgan fingerprint density at radius 3 is 1.38 bits per heavy atom. The molecule has 5 heteroatoms. The van der Waals surface area contributed by atoms with Gasteiger partial charge in [-0.1, -0.05) is 51.5 Å². The zero-order chi connectivity index (χ0) is 16.7. The summed E-state index contributed by atoms with van der Waals surface area (Å²) in [5.41, 5.74) is 0.484. The van der Waals surface area contributed by atoms with Crippen LogP contribution < -0.4 is 5.32 Å². The lowest BCUT2D eigenvalue weighted by Crippen LogP contribution is -2.09. The van der Waals surface area contributed by atoms with Crippen LogP contribution in [0.25, 0.3) is 0 Å². The van der Waals surface area contributed by atoms with Crippen LogP contribution >= 0.6 is 0 Å². The van der Waals surface area contributed by atoms with E-state index in [1.807, 2.05) is 0 Å². The topological polar surface area (TPSA) is 86.6 Å². The highest BCUT2D eigenvalue weighted by molar-refractivity contribution is 5.92. The van der Waals surface area contributed by atoms with E-state index in [0.29, 0.717) is 5.57 Å². The lowest BCUT2D eigenvalue weighted by atomic mass is 10.1. The predicted molar refractivity (Wildman–Crippen MR) is 85.6 cm³/mol. The molecule has 0 aromatic heterocycles. The highest BCUT2D eigenvalue weighted by atomic mass is 16.4. The number of allylic oxidation sites excluding steroid dienone is 1. The van der Waals surface area contributed by atoms with Crippen molar-refractivity contribution < 1.29 is 19.8 Å². The summed E-state index contributed by atoms with van der Waals surface area (Å²) in [5.74, 6) is -2.28. The lowest BCUT2D eigenvalue weighted by molar-refractivity contribution is -0.139. The standard InChI is InChI=1S/C7H10O4.C5H10.C4H11N/c1-4(2)5(7(10)11)3-6(8)9;1-2-4-5-3-1;1-3-5-4-2/h3H2,1-2H3,(H,8,9)(H,10,11);1-5H2;5H,3-4H2,1-2H3. The fourth-order valence-corrected chi connectivity index (χ4v) is 1.75. The molecule has 0 bridgehead atoms. The molecule has 0 aromatic rings. The van der Waals surface area contributed by atoms with Gasteiger partial charge < -0.3 is 15.5 Å². The van der Waals surface area contributed by atoms with E-state index >= 15 is 0 Å². The normalized spacial score (nSPS) is 12.4. The van der Waals surface area contributed by atoms with Crippen molar-refractivity contribution in [2.24, 2.45) is 0 Å². The maximum Gasteiger partial charge on any atom is 0.332 e. The minimum absolute atomic E-state index is 0.0440. The fraction of sp³-hybridized carbons (Fsp3) is 0.750. The van der Waals surface area contributed by atoms with Crippen molar-refractivity contribution in [2.45, 2.75) is 66.2 Å². The third-order valence-electron chi connectivity index (χ3n) is 2.94. The Bertz CT molecular complexity index is 307. The van der Waals surface area contributed by atoms with Crippen molar-refractivity contribution in [1.29, 1.82) is 0 Å². The summed E-state index contributed by atoms with van der Waals surface area (Å²) in [4.78, 5) is 20.5. The molecule has 1 aliphatic carbocycles. The van der Waals surface area contributed by atoms with Gasteiger partial charge in [-0.15, -0.1) is 0 Å². The van der Waals surface area contributed by atoms with Gasteiger partial charge in [0.1, 0.15) is 0 Å². The van der Waals surface area contributed by atoms with Gasteiger partial charge in [0.15, 0.2) is 0 Å². The van der Waals surface area contributed by atoms with Gasteiger partial charge in [-0.3, -0.25) is 4.79 Å². The van der Waals surface area contributed by atoms with Crippen LogP contribution in [0.5, 0.6) is 0 Å². The van der Waals surface area contributed by atoms with Gasteiger partial charge in [0.25, 0.3) is 0 Å². The summed E-state index contributed by atoms with van der Waals surface area (Å²) in [6, 6.07) is 0. The van der Waals surface area contributed by atoms with Crippen LogP contribution in [-0.2, 0) is 9.59 Å². The largest absolute Gasteiger partial charge is 0.481 e. The second kappa shape index (κ2) is 15.0. The molecule has 0 spiro atoms. The summed E-state index contributed by atoms with van der Waals surface area (Å²) in [7, 11) is 0. The van der Waals surface area contributed by atoms with Crippen molar-refractivity contribution in [1.82, 2.24) is 5.32 Å².